The third-order valence-electron chi connectivity index (χ3n) is 8.62. The number of aromatic nitrogens is 2. The Balaban J connectivity index is 1.64. The maximum atomic E-state index is 14.3. The summed E-state index contributed by atoms with van der Waals surface area (Å²) in [6.45, 7) is 12.7. The largest absolute Gasteiger partial charge is 0.475 e. The highest BCUT2D eigenvalue weighted by molar-refractivity contribution is 7.92. The quantitative estimate of drug-likeness (QED) is 0.368. The van der Waals surface area contributed by atoms with Crippen molar-refractivity contribution in [1.82, 2.24) is 14.9 Å². The standard InChI is InChI=1S/C33H43N5O4S/c1-20(2)13-26-19-42-29-15-28(30-21(3)9-7-10-22(30)4)35-32(36-29)37-43(40,41)27-12-8-11-24(14-27)31(39)38(26)23(5)16-33(6)17-25(34)18-33/h7-12,14-15,20,23,25-26H,13,16-19,34H2,1-6H3,(H,35,36,37)/t23-,25?,26+,33?/m0/s1. The van der Waals surface area contributed by atoms with Gasteiger partial charge in [-0.15, -0.1) is 0 Å². The molecule has 230 valence electrons. The van der Waals surface area contributed by atoms with Gasteiger partial charge in [0.1, 0.15) is 6.61 Å². The van der Waals surface area contributed by atoms with Crippen molar-refractivity contribution in [3.05, 3.63) is 65.2 Å². The molecule has 1 saturated carbocycles. The summed E-state index contributed by atoms with van der Waals surface area (Å²) in [5.74, 6) is 0.200. The fraction of sp³-hybridized carbons (Fsp3) is 0.485. The van der Waals surface area contributed by atoms with Crippen molar-refractivity contribution in [2.45, 2.75) is 90.2 Å². The molecule has 2 heterocycles. The SMILES string of the molecule is Cc1cccc(C)c1-c1cc2nc(n1)NS(=O)(=O)c1cccc(c1)C(=O)N([C@@H](C)CC1(C)CC(N)C1)[C@H](CC(C)C)CO2. The molecule has 1 aliphatic heterocycles. The number of nitrogens with two attached hydrogens (primary N) is 1. The Morgan fingerprint density at radius 3 is 2.40 bits per heavy atom. The van der Waals surface area contributed by atoms with Gasteiger partial charge in [-0.1, -0.05) is 45.0 Å². The Morgan fingerprint density at radius 1 is 1.07 bits per heavy atom. The van der Waals surface area contributed by atoms with Gasteiger partial charge in [0, 0.05) is 29.3 Å². The van der Waals surface area contributed by atoms with E-state index < -0.39 is 10.0 Å². The highest BCUT2D eigenvalue weighted by Crippen LogP contribution is 2.44. The zero-order valence-electron chi connectivity index (χ0n) is 25.9. The topological polar surface area (TPSA) is 128 Å². The number of hydrogen-bond donors (Lipinski definition) is 2. The lowest BCUT2D eigenvalue weighted by Gasteiger charge is -2.48. The van der Waals surface area contributed by atoms with Crippen molar-refractivity contribution in [2.75, 3.05) is 11.3 Å². The van der Waals surface area contributed by atoms with E-state index >= 15 is 0 Å². The minimum Gasteiger partial charge on any atom is -0.475 e. The van der Waals surface area contributed by atoms with Crippen molar-refractivity contribution in [3.8, 4) is 17.1 Å². The van der Waals surface area contributed by atoms with Crippen LogP contribution in [0.4, 0.5) is 5.95 Å². The van der Waals surface area contributed by atoms with Crippen molar-refractivity contribution in [1.29, 1.82) is 0 Å². The van der Waals surface area contributed by atoms with Gasteiger partial charge in [0.05, 0.1) is 16.6 Å². The number of hydrogen-bond acceptors (Lipinski definition) is 7. The van der Waals surface area contributed by atoms with E-state index in [-0.39, 0.29) is 58.7 Å². The summed E-state index contributed by atoms with van der Waals surface area (Å²) in [6.07, 6.45) is 3.31. The first-order valence-corrected chi connectivity index (χ1v) is 16.5. The number of nitrogens with zero attached hydrogens (tertiary/aromatic N) is 3. The van der Waals surface area contributed by atoms with Crippen molar-refractivity contribution >= 4 is 21.9 Å². The second kappa shape index (κ2) is 11.9. The number of benzene rings is 2. The van der Waals surface area contributed by atoms with Gasteiger partial charge in [-0.2, -0.15) is 4.98 Å². The Bertz CT molecular complexity index is 1600. The van der Waals surface area contributed by atoms with Gasteiger partial charge in [-0.3, -0.25) is 4.79 Å². The smallest absolute Gasteiger partial charge is 0.264 e. The second-order valence-corrected chi connectivity index (χ2v) is 14.8. The maximum Gasteiger partial charge on any atom is 0.264 e. The van der Waals surface area contributed by atoms with Crippen LogP contribution in [0.1, 0.15) is 74.9 Å². The number of carbonyl (C=O) groups excluding carboxylic acids is 1. The van der Waals surface area contributed by atoms with E-state index in [1.165, 1.54) is 12.1 Å². The van der Waals surface area contributed by atoms with Gasteiger partial charge in [-0.25, -0.2) is 18.1 Å². The summed E-state index contributed by atoms with van der Waals surface area (Å²) in [4.78, 5) is 25.3. The molecule has 0 spiro atoms. The average molecular weight is 606 g/mol. The normalized spacial score (nSPS) is 24.1. The van der Waals surface area contributed by atoms with Crippen LogP contribution in [-0.2, 0) is 10.0 Å². The van der Waals surface area contributed by atoms with Crippen LogP contribution < -0.4 is 15.2 Å². The molecular weight excluding hydrogens is 562 g/mol. The van der Waals surface area contributed by atoms with Crippen LogP contribution >= 0.6 is 0 Å². The van der Waals surface area contributed by atoms with Crippen molar-refractivity contribution in [2.24, 2.45) is 17.1 Å². The number of carbonyl (C=O) groups is 1. The van der Waals surface area contributed by atoms with Crippen molar-refractivity contribution < 1.29 is 17.9 Å². The predicted octanol–water partition coefficient (Wildman–Crippen LogP) is 5.72. The summed E-state index contributed by atoms with van der Waals surface area (Å²) >= 11 is 0. The molecule has 0 unspecified atom stereocenters. The third kappa shape index (κ3) is 6.70. The third-order valence-corrected chi connectivity index (χ3v) is 9.95. The van der Waals surface area contributed by atoms with E-state index in [1.54, 1.807) is 18.2 Å². The van der Waals surface area contributed by atoms with E-state index in [4.69, 9.17) is 10.5 Å². The zero-order chi connectivity index (χ0) is 31.1. The highest BCUT2D eigenvalue weighted by Gasteiger charge is 2.42. The molecule has 1 fully saturated rings. The van der Waals surface area contributed by atoms with Crippen molar-refractivity contribution in [3.63, 3.8) is 0 Å². The van der Waals surface area contributed by atoms with E-state index in [0.29, 0.717) is 17.7 Å². The van der Waals surface area contributed by atoms with Gasteiger partial charge in [0.25, 0.3) is 15.9 Å². The fourth-order valence-corrected chi connectivity index (χ4v) is 7.90. The van der Waals surface area contributed by atoms with Crippen LogP contribution in [-0.4, -0.2) is 53.9 Å². The molecule has 43 heavy (non-hydrogen) atoms. The molecule has 3 N–H and O–H groups in total. The van der Waals surface area contributed by atoms with Gasteiger partial charge in [-0.05, 0) is 87.1 Å². The highest BCUT2D eigenvalue weighted by atomic mass is 32.2. The van der Waals surface area contributed by atoms with Crippen LogP contribution in [0.5, 0.6) is 5.88 Å². The first-order valence-electron chi connectivity index (χ1n) is 15.0. The average Bonchev–Trinajstić information content (AvgIpc) is 2.90. The summed E-state index contributed by atoms with van der Waals surface area (Å²) in [6, 6.07) is 13.6. The Hall–Kier alpha value is -3.50. The summed E-state index contributed by atoms with van der Waals surface area (Å²) < 4.78 is 36.1. The molecular formula is C33H43N5O4S. The number of anilines is 1. The molecule has 9 nitrogen and oxygen atoms in total. The van der Waals surface area contributed by atoms with Gasteiger partial charge in [0.2, 0.25) is 11.8 Å². The Morgan fingerprint density at radius 2 is 1.74 bits per heavy atom. The number of amides is 1. The zero-order valence-corrected chi connectivity index (χ0v) is 26.7. The molecule has 10 heteroatoms. The van der Waals surface area contributed by atoms with E-state index in [0.717, 1.165) is 36.0 Å². The van der Waals surface area contributed by atoms with Crippen LogP contribution in [0.3, 0.4) is 0 Å². The molecule has 0 saturated heterocycles. The predicted molar refractivity (Wildman–Crippen MR) is 168 cm³/mol. The van der Waals surface area contributed by atoms with Gasteiger partial charge >= 0.3 is 0 Å². The Labute approximate surface area is 255 Å². The molecule has 2 atom stereocenters. The van der Waals surface area contributed by atoms with Crippen LogP contribution in [0.15, 0.2) is 53.4 Å². The number of aryl methyl sites for hydroxylation is 2. The first-order chi connectivity index (χ1) is 20.2. The maximum absolute atomic E-state index is 14.3. The summed E-state index contributed by atoms with van der Waals surface area (Å²) in [5.41, 5.74) is 9.94. The number of ether oxygens (including phenoxy) is 1. The fourth-order valence-electron chi connectivity index (χ4n) is 6.91. The number of nitrogens with one attached hydrogen (secondary N) is 1. The molecule has 2 aromatic carbocycles. The van der Waals surface area contributed by atoms with Crippen LogP contribution in [0.25, 0.3) is 11.3 Å². The molecule has 5 rings (SSSR count). The molecule has 1 aromatic heterocycles. The lowest BCUT2D eigenvalue weighted by atomic mass is 9.64. The summed E-state index contributed by atoms with van der Waals surface area (Å²) in [5, 5.41) is 0. The molecule has 1 amide bonds. The van der Waals surface area contributed by atoms with E-state index in [9.17, 15) is 13.2 Å². The number of rotatable bonds is 6. The Kier molecular flexibility index (Phi) is 8.55. The minimum absolute atomic E-state index is 0.0360. The lowest BCUT2D eigenvalue weighted by molar-refractivity contribution is 0.0241. The number of sulfonamides is 1. The second-order valence-electron chi connectivity index (χ2n) is 13.2. The van der Waals surface area contributed by atoms with Gasteiger partial charge < -0.3 is 15.4 Å². The van der Waals surface area contributed by atoms with Gasteiger partial charge in [0.15, 0.2) is 0 Å². The van der Waals surface area contributed by atoms with E-state index in [2.05, 4.69) is 42.4 Å². The molecule has 3 aromatic rings. The summed E-state index contributed by atoms with van der Waals surface area (Å²) in [7, 11) is -4.12. The molecule has 2 aliphatic rings. The number of fused-ring (bicyclic) bond motifs is 4. The van der Waals surface area contributed by atoms with Crippen LogP contribution in [0, 0.1) is 25.2 Å². The molecule has 1 aliphatic carbocycles. The van der Waals surface area contributed by atoms with Crippen LogP contribution in [0.2, 0.25) is 0 Å². The van der Waals surface area contributed by atoms with E-state index in [1.807, 2.05) is 36.9 Å². The monoisotopic (exact) mass is 605 g/mol. The first kappa shape index (κ1) is 30.9. The lowest BCUT2D eigenvalue weighted by Crippen LogP contribution is -2.53. The molecule has 4 bridgehead atoms. The molecule has 0 radical (unpaired) electrons. The minimum atomic E-state index is -4.12.